The number of nitrogens with zero attached hydrogens (tertiary/aromatic N) is 1. The molecule has 0 atom stereocenters. The summed E-state index contributed by atoms with van der Waals surface area (Å²) in [6.45, 7) is 0.865. The van der Waals surface area contributed by atoms with Crippen LogP contribution in [0.5, 0.6) is 5.75 Å². The first-order valence-electron chi connectivity index (χ1n) is 6.25. The van der Waals surface area contributed by atoms with Crippen molar-refractivity contribution in [3.05, 3.63) is 29.8 Å². The molecular formula is C14H19NO3. The molecule has 4 heteroatoms. The van der Waals surface area contributed by atoms with Gasteiger partial charge in [-0.1, -0.05) is 12.1 Å². The van der Waals surface area contributed by atoms with E-state index < -0.39 is 0 Å². The fraction of sp³-hybridized carbons (Fsp3) is 0.500. The molecule has 1 aromatic rings. The average Bonchev–Trinajstić information content (AvgIpc) is 3.20. The number of carbonyl (C=O) groups is 1. The third kappa shape index (κ3) is 3.74. The molecule has 1 fully saturated rings. The van der Waals surface area contributed by atoms with Crippen LogP contribution in [0, 0.1) is 5.92 Å². The highest BCUT2D eigenvalue weighted by Gasteiger charge is 2.24. The Morgan fingerprint density at radius 3 is 2.94 bits per heavy atom. The number of amides is 1. The molecule has 0 heterocycles. The quantitative estimate of drug-likeness (QED) is 0.829. The maximum Gasteiger partial charge on any atom is 0.260 e. The molecule has 1 aromatic carbocycles. The van der Waals surface area contributed by atoms with Crippen LogP contribution in [0.15, 0.2) is 24.3 Å². The summed E-state index contributed by atoms with van der Waals surface area (Å²) < 4.78 is 5.43. The van der Waals surface area contributed by atoms with Crippen molar-refractivity contribution >= 4 is 5.91 Å². The van der Waals surface area contributed by atoms with Gasteiger partial charge in [-0.2, -0.15) is 0 Å². The van der Waals surface area contributed by atoms with Crippen molar-refractivity contribution in [2.24, 2.45) is 5.92 Å². The molecule has 1 amide bonds. The smallest absolute Gasteiger partial charge is 0.260 e. The normalized spacial score (nSPS) is 14.3. The molecule has 0 unspecified atom stereocenters. The van der Waals surface area contributed by atoms with Crippen LogP contribution in [-0.2, 0) is 11.4 Å². The van der Waals surface area contributed by atoms with E-state index in [9.17, 15) is 4.79 Å². The zero-order valence-electron chi connectivity index (χ0n) is 10.6. The van der Waals surface area contributed by atoms with Crippen molar-refractivity contribution in [2.75, 3.05) is 20.2 Å². The summed E-state index contributed by atoms with van der Waals surface area (Å²) in [5, 5.41) is 9.00. The summed E-state index contributed by atoms with van der Waals surface area (Å²) in [5.41, 5.74) is 0.784. The van der Waals surface area contributed by atoms with E-state index in [-0.39, 0.29) is 19.1 Å². The summed E-state index contributed by atoms with van der Waals surface area (Å²) in [6.07, 6.45) is 2.47. The van der Waals surface area contributed by atoms with Crippen molar-refractivity contribution in [3.63, 3.8) is 0 Å². The second kappa shape index (κ2) is 5.87. The van der Waals surface area contributed by atoms with E-state index in [1.54, 1.807) is 23.1 Å². The Morgan fingerprint density at radius 2 is 2.28 bits per heavy atom. The predicted octanol–water partition coefficient (Wildman–Crippen LogP) is 1.43. The first kappa shape index (κ1) is 12.9. The Hall–Kier alpha value is -1.55. The van der Waals surface area contributed by atoms with Crippen molar-refractivity contribution in [1.82, 2.24) is 4.90 Å². The van der Waals surface area contributed by atoms with E-state index in [1.165, 1.54) is 12.8 Å². The third-order valence-electron chi connectivity index (χ3n) is 3.10. The number of likely N-dealkylation sites (N-methyl/N-ethyl adjacent to an activating group) is 1. The van der Waals surface area contributed by atoms with E-state index >= 15 is 0 Å². The highest BCUT2D eigenvalue weighted by molar-refractivity contribution is 5.77. The van der Waals surface area contributed by atoms with Crippen LogP contribution in [0.2, 0.25) is 0 Å². The minimum absolute atomic E-state index is 0.00342. The molecule has 4 nitrogen and oxygen atoms in total. The predicted molar refractivity (Wildman–Crippen MR) is 68.2 cm³/mol. The number of ether oxygens (including phenoxy) is 1. The third-order valence-corrected chi connectivity index (χ3v) is 3.10. The second-order valence-corrected chi connectivity index (χ2v) is 4.81. The Kier molecular flexibility index (Phi) is 4.20. The van der Waals surface area contributed by atoms with Gasteiger partial charge in [0.15, 0.2) is 6.61 Å². The highest BCUT2D eigenvalue weighted by atomic mass is 16.5. The lowest BCUT2D eigenvalue weighted by Gasteiger charge is -2.17. The van der Waals surface area contributed by atoms with Crippen LogP contribution in [0.1, 0.15) is 18.4 Å². The Morgan fingerprint density at radius 1 is 1.50 bits per heavy atom. The number of aliphatic hydroxyl groups is 1. The Balaban J connectivity index is 1.80. The van der Waals surface area contributed by atoms with E-state index in [0.717, 1.165) is 12.1 Å². The lowest BCUT2D eigenvalue weighted by atomic mass is 10.2. The van der Waals surface area contributed by atoms with E-state index in [1.807, 2.05) is 13.1 Å². The van der Waals surface area contributed by atoms with Crippen LogP contribution < -0.4 is 4.74 Å². The van der Waals surface area contributed by atoms with Gasteiger partial charge in [0.2, 0.25) is 0 Å². The lowest BCUT2D eigenvalue weighted by Crippen LogP contribution is -2.32. The van der Waals surface area contributed by atoms with Gasteiger partial charge < -0.3 is 14.7 Å². The van der Waals surface area contributed by atoms with Gasteiger partial charge in [0.1, 0.15) is 5.75 Å². The van der Waals surface area contributed by atoms with Crippen molar-refractivity contribution in [2.45, 2.75) is 19.4 Å². The van der Waals surface area contributed by atoms with Crippen LogP contribution in [0.3, 0.4) is 0 Å². The van der Waals surface area contributed by atoms with Gasteiger partial charge in [-0.3, -0.25) is 4.79 Å². The number of carbonyl (C=O) groups excluding carboxylic acids is 1. The van der Waals surface area contributed by atoms with Crippen LogP contribution in [0.4, 0.5) is 0 Å². The van der Waals surface area contributed by atoms with Crippen molar-refractivity contribution < 1.29 is 14.6 Å². The molecule has 1 aliphatic carbocycles. The molecular weight excluding hydrogens is 230 g/mol. The lowest BCUT2D eigenvalue weighted by molar-refractivity contribution is -0.132. The van der Waals surface area contributed by atoms with Crippen molar-refractivity contribution in [1.29, 1.82) is 0 Å². The van der Waals surface area contributed by atoms with E-state index in [0.29, 0.717) is 11.7 Å². The van der Waals surface area contributed by atoms with Gasteiger partial charge in [-0.25, -0.2) is 0 Å². The van der Waals surface area contributed by atoms with E-state index in [2.05, 4.69) is 0 Å². The molecule has 98 valence electrons. The largest absolute Gasteiger partial charge is 0.484 e. The molecule has 1 aliphatic rings. The van der Waals surface area contributed by atoms with E-state index in [4.69, 9.17) is 9.84 Å². The maximum atomic E-state index is 11.8. The fourth-order valence-electron chi connectivity index (χ4n) is 1.78. The molecule has 0 aliphatic heterocycles. The number of rotatable bonds is 6. The topological polar surface area (TPSA) is 49.8 Å². The second-order valence-electron chi connectivity index (χ2n) is 4.81. The van der Waals surface area contributed by atoms with Gasteiger partial charge in [-0.15, -0.1) is 0 Å². The number of hydrogen-bond acceptors (Lipinski definition) is 3. The summed E-state index contributed by atoms with van der Waals surface area (Å²) in [4.78, 5) is 13.5. The Labute approximate surface area is 107 Å². The maximum absolute atomic E-state index is 11.8. The minimum atomic E-state index is -0.0211. The first-order chi connectivity index (χ1) is 8.69. The van der Waals surface area contributed by atoms with Gasteiger partial charge in [-0.05, 0) is 36.5 Å². The molecule has 18 heavy (non-hydrogen) atoms. The first-order valence-corrected chi connectivity index (χ1v) is 6.25. The standard InChI is InChI=1S/C14H19NO3/c1-15(8-11-5-6-11)14(17)10-18-13-4-2-3-12(7-13)9-16/h2-4,7,11,16H,5-6,8-10H2,1H3. The van der Waals surface area contributed by atoms with Crippen LogP contribution in [0.25, 0.3) is 0 Å². The molecule has 0 spiro atoms. The van der Waals surface area contributed by atoms with Gasteiger partial charge in [0.05, 0.1) is 6.61 Å². The SMILES string of the molecule is CN(CC1CC1)C(=O)COc1cccc(CO)c1. The number of aliphatic hydroxyl groups excluding tert-OH is 1. The molecule has 1 saturated carbocycles. The number of benzene rings is 1. The fourth-order valence-corrected chi connectivity index (χ4v) is 1.78. The van der Waals surface area contributed by atoms with Crippen LogP contribution in [-0.4, -0.2) is 36.1 Å². The molecule has 0 saturated heterocycles. The van der Waals surface area contributed by atoms with Crippen molar-refractivity contribution in [3.8, 4) is 5.75 Å². The zero-order chi connectivity index (χ0) is 13.0. The molecule has 0 bridgehead atoms. The van der Waals surface area contributed by atoms with Gasteiger partial charge in [0, 0.05) is 13.6 Å². The van der Waals surface area contributed by atoms with Gasteiger partial charge >= 0.3 is 0 Å². The Bertz CT molecular complexity index is 415. The molecule has 0 aromatic heterocycles. The monoisotopic (exact) mass is 249 g/mol. The summed E-state index contributed by atoms with van der Waals surface area (Å²) in [5.74, 6) is 1.31. The molecule has 2 rings (SSSR count). The summed E-state index contributed by atoms with van der Waals surface area (Å²) in [6, 6.07) is 7.15. The average molecular weight is 249 g/mol. The van der Waals surface area contributed by atoms with Crippen LogP contribution >= 0.6 is 0 Å². The molecule has 0 radical (unpaired) electrons. The highest BCUT2D eigenvalue weighted by Crippen LogP contribution is 2.29. The zero-order valence-corrected chi connectivity index (χ0v) is 10.6. The van der Waals surface area contributed by atoms with Gasteiger partial charge in [0.25, 0.3) is 5.91 Å². The summed E-state index contributed by atoms with van der Waals surface area (Å²) >= 11 is 0. The summed E-state index contributed by atoms with van der Waals surface area (Å²) in [7, 11) is 1.81. The molecule has 1 N–H and O–H groups in total. The number of hydrogen-bond donors (Lipinski definition) is 1. The minimum Gasteiger partial charge on any atom is -0.484 e.